The molecule has 3 saturated heterocycles. The number of nitrogens with zero attached hydrogens (tertiary/aromatic N) is 3. The lowest BCUT2D eigenvalue weighted by Crippen LogP contribution is -2.49. The summed E-state index contributed by atoms with van der Waals surface area (Å²) in [5, 5.41) is 15.8. The largest absolute Gasteiger partial charge is 0.508 e. The van der Waals surface area contributed by atoms with Crippen molar-refractivity contribution in [3.8, 4) is 11.6 Å². The first kappa shape index (κ1) is 40.1. The van der Waals surface area contributed by atoms with Crippen molar-refractivity contribution in [2.75, 3.05) is 42.6 Å². The Kier molecular flexibility index (Phi) is 11.6. The molecule has 3 N–H and O–H groups in total. The van der Waals surface area contributed by atoms with Crippen LogP contribution in [-0.2, 0) is 16.0 Å². The van der Waals surface area contributed by atoms with Crippen molar-refractivity contribution in [2.24, 2.45) is 5.92 Å². The fourth-order valence-corrected chi connectivity index (χ4v) is 10.7. The van der Waals surface area contributed by atoms with Gasteiger partial charge in [0.2, 0.25) is 11.8 Å². The minimum absolute atomic E-state index is 0.0110. The highest BCUT2D eigenvalue weighted by Crippen LogP contribution is 2.48. The summed E-state index contributed by atoms with van der Waals surface area (Å²) in [7, 11) is 0. The Bertz CT molecular complexity index is 2180. The Balaban J connectivity index is 0.764. The normalized spacial score (nSPS) is 24.6. The van der Waals surface area contributed by atoms with Gasteiger partial charge in [0, 0.05) is 36.9 Å². The molecule has 10 nitrogen and oxygen atoms in total. The van der Waals surface area contributed by atoms with Crippen LogP contribution in [0, 0.1) is 5.92 Å². The molecule has 4 aromatic rings. The second-order valence-corrected chi connectivity index (χ2v) is 17.8. The highest BCUT2D eigenvalue weighted by atomic mass is 16.5. The fourth-order valence-electron chi connectivity index (χ4n) is 10.7. The number of unbranched alkanes of at least 4 members (excludes halogenated alkanes) is 1. The van der Waals surface area contributed by atoms with Crippen molar-refractivity contribution in [1.82, 2.24) is 15.6 Å². The number of nitrogens with one attached hydrogen (secondary N) is 2. The van der Waals surface area contributed by atoms with Gasteiger partial charge in [0.1, 0.15) is 29.8 Å². The number of pyridine rings is 1. The number of phenolic OH excluding ortho intramolecular Hbond substituents is 1. The third-order valence-electron chi connectivity index (χ3n) is 14.0. The van der Waals surface area contributed by atoms with Gasteiger partial charge in [0.15, 0.2) is 0 Å². The summed E-state index contributed by atoms with van der Waals surface area (Å²) in [4.78, 5) is 34.9. The van der Waals surface area contributed by atoms with Crippen molar-refractivity contribution >= 4 is 23.2 Å². The summed E-state index contributed by atoms with van der Waals surface area (Å²) >= 11 is 0. The predicted octanol–water partition coefficient (Wildman–Crippen LogP) is 8.39. The first-order valence-electron chi connectivity index (χ1n) is 22.3. The summed E-state index contributed by atoms with van der Waals surface area (Å²) < 4.78 is 12.7. The highest BCUT2D eigenvalue weighted by molar-refractivity contribution is 5.97. The van der Waals surface area contributed by atoms with Crippen molar-refractivity contribution in [1.29, 1.82) is 0 Å². The molecule has 3 aromatic carbocycles. The molecule has 9 rings (SSSR count). The molecule has 4 aliphatic heterocycles. The lowest BCUT2D eigenvalue weighted by atomic mass is 9.69. The van der Waals surface area contributed by atoms with Crippen LogP contribution in [0.3, 0.4) is 0 Å². The average Bonchev–Trinajstić information content (AvgIpc) is 3.67. The molecule has 5 heterocycles. The van der Waals surface area contributed by atoms with Gasteiger partial charge in [-0.2, -0.15) is 0 Å². The Morgan fingerprint density at radius 3 is 2.57 bits per heavy atom. The number of ether oxygens (including phenoxy) is 2. The number of aromatic nitrogens is 1. The van der Waals surface area contributed by atoms with Gasteiger partial charge in [-0.05, 0) is 135 Å². The summed E-state index contributed by atoms with van der Waals surface area (Å²) in [6.07, 6.45) is 10.8. The van der Waals surface area contributed by atoms with E-state index in [1.54, 1.807) is 6.07 Å². The molecule has 0 saturated carbocycles. The van der Waals surface area contributed by atoms with Crippen LogP contribution < -0.4 is 25.2 Å². The number of phenols is 1. The average molecular weight is 810 g/mol. The van der Waals surface area contributed by atoms with Gasteiger partial charge in [-0.25, -0.2) is 4.98 Å². The number of rotatable bonds is 11. The van der Waals surface area contributed by atoms with Gasteiger partial charge in [0.25, 0.3) is 5.91 Å². The summed E-state index contributed by atoms with van der Waals surface area (Å²) in [5.41, 5.74) is 8.44. The minimum Gasteiger partial charge on any atom is -0.508 e. The lowest BCUT2D eigenvalue weighted by molar-refractivity contribution is -0.123. The van der Waals surface area contributed by atoms with Gasteiger partial charge < -0.3 is 35.0 Å². The van der Waals surface area contributed by atoms with Gasteiger partial charge in [-0.3, -0.25) is 9.59 Å². The van der Waals surface area contributed by atoms with Gasteiger partial charge in [-0.1, -0.05) is 68.5 Å². The molecule has 0 radical (unpaired) electrons. The first-order valence-corrected chi connectivity index (χ1v) is 22.3. The second-order valence-electron chi connectivity index (χ2n) is 17.8. The van der Waals surface area contributed by atoms with E-state index in [1.165, 1.54) is 27.9 Å². The number of aryl methyl sites for hydroxylation is 1. The molecule has 5 atom stereocenters. The number of carbonyl (C=O) groups is 2. The molecule has 0 bridgehead atoms. The number of aromatic hydroxyl groups is 1. The van der Waals surface area contributed by atoms with E-state index in [4.69, 9.17) is 9.47 Å². The smallest absolute Gasteiger partial charge is 0.270 e. The number of hydrogen-bond acceptors (Lipinski definition) is 8. The third kappa shape index (κ3) is 8.36. The number of hydrogen-bond donors (Lipinski definition) is 3. The van der Waals surface area contributed by atoms with Gasteiger partial charge in [0.05, 0.1) is 18.2 Å². The van der Waals surface area contributed by atoms with Crippen molar-refractivity contribution < 1.29 is 24.2 Å². The number of allylic oxidation sites excluding steroid dienone is 1. The topological polar surface area (TPSA) is 116 Å². The van der Waals surface area contributed by atoms with E-state index in [0.29, 0.717) is 48.6 Å². The molecule has 5 aliphatic rings. The molecule has 1 aliphatic carbocycles. The standard InChI is InChI=1S/C50H59N5O5/c1-3-38-32-59-49-45(23-22-44(53-49)48(58)52-43-21-12-33(2)51-47(43)57)55(38)26-8-7-9-34-30-50(60-31-34)24-27-54(28-25-50)39-16-13-36(14-17-39)46-41(35-10-5-4-6-11-35)19-15-37-29-40(56)18-20-42(37)46/h4-6,10-11,13-14,16-18,20,22-23,29,34,38,41,43,46,56H,2-3,7-9,12,15,19,21,24-28,30-32H2,1H3,(H,51,57)(H,52,58)/t34-,38?,41?,43-,46?/m0/s1. The fraction of sp³-hybridized carbons (Fsp3) is 0.460. The van der Waals surface area contributed by atoms with Crippen LogP contribution in [0.5, 0.6) is 11.6 Å². The molecule has 10 heteroatoms. The molecule has 1 spiro atoms. The van der Waals surface area contributed by atoms with E-state index < -0.39 is 6.04 Å². The van der Waals surface area contributed by atoms with Crippen LogP contribution in [-0.4, -0.2) is 72.4 Å². The predicted molar refractivity (Wildman–Crippen MR) is 235 cm³/mol. The van der Waals surface area contributed by atoms with Crippen molar-refractivity contribution in [3.05, 3.63) is 125 Å². The molecule has 314 valence electrons. The molecular weight excluding hydrogens is 751 g/mol. The molecule has 1 aromatic heterocycles. The number of benzene rings is 3. The Morgan fingerprint density at radius 2 is 1.78 bits per heavy atom. The monoisotopic (exact) mass is 809 g/mol. The number of fused-ring (bicyclic) bond motifs is 2. The van der Waals surface area contributed by atoms with Crippen LogP contribution in [0.1, 0.15) is 116 Å². The van der Waals surface area contributed by atoms with E-state index in [0.717, 1.165) is 89.7 Å². The summed E-state index contributed by atoms with van der Waals surface area (Å²) in [6.45, 7) is 10.3. The molecule has 2 amide bonds. The minimum atomic E-state index is -0.599. The van der Waals surface area contributed by atoms with Crippen molar-refractivity contribution in [2.45, 2.75) is 107 Å². The van der Waals surface area contributed by atoms with E-state index >= 15 is 0 Å². The molecule has 3 unspecified atom stereocenters. The molecule has 3 fully saturated rings. The zero-order chi connectivity index (χ0) is 41.2. The zero-order valence-electron chi connectivity index (χ0n) is 34.9. The maximum absolute atomic E-state index is 13.0. The third-order valence-corrected chi connectivity index (χ3v) is 14.0. The number of carbonyl (C=O) groups excluding carboxylic acids is 2. The van der Waals surface area contributed by atoms with E-state index in [9.17, 15) is 14.7 Å². The summed E-state index contributed by atoms with van der Waals surface area (Å²) in [5.74, 6) is 1.45. The quantitative estimate of drug-likeness (QED) is 0.130. The van der Waals surface area contributed by atoms with Crippen molar-refractivity contribution in [3.63, 3.8) is 0 Å². The number of piperidine rings is 2. The van der Waals surface area contributed by atoms with Crippen LogP contribution in [0.25, 0.3) is 0 Å². The molecular formula is C50H59N5O5. The zero-order valence-corrected chi connectivity index (χ0v) is 34.9. The first-order chi connectivity index (χ1) is 29.3. The maximum atomic E-state index is 13.0. The Labute approximate surface area is 354 Å². The van der Waals surface area contributed by atoms with Gasteiger partial charge in [-0.15, -0.1) is 0 Å². The Morgan fingerprint density at radius 1 is 0.967 bits per heavy atom. The van der Waals surface area contributed by atoms with E-state index in [2.05, 4.69) is 99.6 Å². The SMILES string of the molecule is C=C1CC[C@H](NC(=O)c2ccc3c(n2)OCC(CC)N3CCCC[C@@H]2COC3(CCN(c4ccc(C5c6ccc(O)cc6CCC5c5ccccc5)cc4)CC3)C2)C(=O)N1. The van der Waals surface area contributed by atoms with Crippen LogP contribution in [0.15, 0.2) is 97.2 Å². The maximum Gasteiger partial charge on any atom is 0.270 e. The van der Waals surface area contributed by atoms with Crippen LogP contribution in [0.2, 0.25) is 0 Å². The van der Waals surface area contributed by atoms with Gasteiger partial charge >= 0.3 is 0 Å². The highest BCUT2D eigenvalue weighted by Gasteiger charge is 2.43. The lowest BCUT2D eigenvalue weighted by Gasteiger charge is -2.40. The second kappa shape index (κ2) is 17.3. The van der Waals surface area contributed by atoms with E-state index in [-0.39, 0.29) is 35.1 Å². The molecule has 60 heavy (non-hydrogen) atoms. The Hall–Kier alpha value is -5.35. The number of anilines is 2. The summed E-state index contributed by atoms with van der Waals surface area (Å²) in [6, 6.07) is 29.5. The van der Waals surface area contributed by atoms with Crippen LogP contribution >= 0.6 is 0 Å². The van der Waals surface area contributed by atoms with E-state index in [1.807, 2.05) is 18.2 Å². The van der Waals surface area contributed by atoms with Crippen LogP contribution in [0.4, 0.5) is 11.4 Å². The number of amides is 2.